The Balaban J connectivity index is 1.83. The van der Waals surface area contributed by atoms with Gasteiger partial charge in [-0.1, -0.05) is 59.3 Å². The molecule has 9 heteroatoms. The van der Waals surface area contributed by atoms with E-state index in [1.165, 1.54) is 11.0 Å². The second-order valence-electron chi connectivity index (χ2n) is 8.18. The number of urea groups is 1. The van der Waals surface area contributed by atoms with Crippen LogP contribution in [0.3, 0.4) is 0 Å². The molecule has 0 radical (unpaired) electrons. The fraction of sp³-hybridized carbons (Fsp3) is 0.231. The number of benzene rings is 3. The van der Waals surface area contributed by atoms with Crippen LogP contribution in [0.2, 0.25) is 0 Å². The highest BCUT2D eigenvalue weighted by molar-refractivity contribution is 8.23. The van der Waals surface area contributed by atoms with Gasteiger partial charge < -0.3 is 15.0 Å². The second-order valence-corrected chi connectivity index (χ2v) is 9.92. The minimum Gasteiger partial charge on any atom is -0.497 e. The number of likely N-dealkylation sites (N-methyl/N-ethyl adjacent to an activating group) is 1. The van der Waals surface area contributed by atoms with Crippen LogP contribution in [-0.2, 0) is 11.2 Å². The molecule has 3 aromatic rings. The van der Waals surface area contributed by atoms with Crippen molar-refractivity contribution in [3.05, 3.63) is 89.5 Å². The van der Waals surface area contributed by atoms with E-state index in [0.717, 1.165) is 11.1 Å². The van der Waals surface area contributed by atoms with Gasteiger partial charge in [0, 0.05) is 19.2 Å². The summed E-state index contributed by atoms with van der Waals surface area (Å²) in [5.41, 5.74) is 2.97. The number of hydrogen-bond donors (Lipinski definition) is 4. The third-order valence-corrected chi connectivity index (χ3v) is 7.16. The molecule has 0 saturated heterocycles. The summed E-state index contributed by atoms with van der Waals surface area (Å²) in [5, 5.41) is 2.64. The topological polar surface area (TPSA) is 111 Å². The van der Waals surface area contributed by atoms with E-state index in [0.29, 0.717) is 17.0 Å². The standard InChI is InChI=1S/C26H31N3O5S/c1-18-10-8-9-13-24(18)35(32,33)28-26(31)27-22(17-20-11-6-5-7-12-20)25(30)29(3)23-15-14-21(34-4)16-19(23)2/h5-16,22,32-33H,17H2,1-4H3,(H2,27,28,31). The van der Waals surface area contributed by atoms with Crippen molar-refractivity contribution in [1.29, 1.82) is 0 Å². The number of carbonyl (C=O) groups excluding carboxylic acids is 2. The highest BCUT2D eigenvalue weighted by Crippen LogP contribution is 2.45. The van der Waals surface area contributed by atoms with Gasteiger partial charge in [-0.05, 0) is 54.8 Å². The van der Waals surface area contributed by atoms with Gasteiger partial charge in [0.25, 0.3) is 0 Å². The predicted octanol–water partition coefficient (Wildman–Crippen LogP) is 4.91. The number of rotatable bonds is 8. The molecule has 0 aliphatic heterocycles. The molecule has 1 unspecified atom stereocenters. The Morgan fingerprint density at radius 2 is 1.63 bits per heavy atom. The Morgan fingerprint density at radius 1 is 0.971 bits per heavy atom. The molecule has 186 valence electrons. The normalized spacial score (nSPS) is 12.4. The first-order valence-electron chi connectivity index (χ1n) is 11.0. The van der Waals surface area contributed by atoms with Crippen LogP contribution in [0.15, 0.2) is 77.7 Å². The molecule has 0 saturated carbocycles. The summed E-state index contributed by atoms with van der Waals surface area (Å²) in [4.78, 5) is 28.1. The van der Waals surface area contributed by atoms with Crippen LogP contribution in [-0.4, -0.2) is 41.2 Å². The smallest absolute Gasteiger partial charge is 0.334 e. The summed E-state index contributed by atoms with van der Waals surface area (Å²) < 4.78 is 28.7. The minimum atomic E-state index is -3.62. The van der Waals surface area contributed by atoms with Crippen LogP contribution in [0.5, 0.6) is 5.75 Å². The van der Waals surface area contributed by atoms with Crippen molar-refractivity contribution >= 4 is 28.4 Å². The zero-order valence-corrected chi connectivity index (χ0v) is 21.0. The third kappa shape index (κ3) is 6.54. The van der Waals surface area contributed by atoms with Crippen LogP contribution in [0.4, 0.5) is 10.5 Å². The average Bonchev–Trinajstić information content (AvgIpc) is 2.83. The van der Waals surface area contributed by atoms with Crippen LogP contribution in [0.1, 0.15) is 16.7 Å². The van der Waals surface area contributed by atoms with Gasteiger partial charge in [0.2, 0.25) is 5.91 Å². The van der Waals surface area contributed by atoms with E-state index >= 15 is 0 Å². The highest BCUT2D eigenvalue weighted by Gasteiger charge is 2.28. The first-order chi connectivity index (χ1) is 16.6. The summed E-state index contributed by atoms with van der Waals surface area (Å²) in [5.74, 6) is 0.316. The number of methoxy groups -OCH3 is 1. The third-order valence-electron chi connectivity index (χ3n) is 5.62. The number of amides is 3. The Hall–Kier alpha value is -3.53. The van der Waals surface area contributed by atoms with Crippen molar-refractivity contribution in [2.24, 2.45) is 0 Å². The molecule has 0 aliphatic carbocycles. The number of nitrogens with one attached hydrogen (secondary N) is 2. The Kier molecular flexibility index (Phi) is 8.39. The maximum absolute atomic E-state index is 13.5. The maximum Gasteiger partial charge on any atom is 0.334 e. The lowest BCUT2D eigenvalue weighted by molar-refractivity contribution is -0.120. The summed E-state index contributed by atoms with van der Waals surface area (Å²) in [7, 11) is -0.415. The van der Waals surface area contributed by atoms with E-state index in [4.69, 9.17) is 4.74 Å². The second kappa shape index (κ2) is 11.3. The average molecular weight is 498 g/mol. The molecule has 4 N–H and O–H groups in total. The molecular weight excluding hydrogens is 466 g/mol. The molecule has 8 nitrogen and oxygen atoms in total. The van der Waals surface area contributed by atoms with Gasteiger partial charge >= 0.3 is 6.03 Å². The van der Waals surface area contributed by atoms with Crippen LogP contribution < -0.4 is 19.7 Å². The van der Waals surface area contributed by atoms with E-state index in [1.54, 1.807) is 51.4 Å². The lowest BCUT2D eigenvalue weighted by Gasteiger charge is -2.34. The molecule has 0 heterocycles. The van der Waals surface area contributed by atoms with Crippen LogP contribution >= 0.6 is 10.8 Å². The van der Waals surface area contributed by atoms with E-state index < -0.39 is 22.8 Å². The monoisotopic (exact) mass is 497 g/mol. The van der Waals surface area contributed by atoms with E-state index in [2.05, 4.69) is 10.0 Å². The summed E-state index contributed by atoms with van der Waals surface area (Å²) in [6.07, 6.45) is 0.218. The largest absolute Gasteiger partial charge is 0.497 e. The lowest BCUT2D eigenvalue weighted by Crippen LogP contribution is -2.52. The van der Waals surface area contributed by atoms with E-state index in [1.807, 2.05) is 43.3 Å². The molecule has 35 heavy (non-hydrogen) atoms. The number of aryl methyl sites for hydroxylation is 2. The van der Waals surface area contributed by atoms with Crippen molar-refractivity contribution < 1.29 is 23.4 Å². The van der Waals surface area contributed by atoms with Crippen LogP contribution in [0.25, 0.3) is 0 Å². The fourth-order valence-corrected chi connectivity index (χ4v) is 4.99. The predicted molar refractivity (Wildman–Crippen MR) is 139 cm³/mol. The van der Waals surface area contributed by atoms with Crippen LogP contribution in [0, 0.1) is 13.8 Å². The fourth-order valence-electron chi connectivity index (χ4n) is 3.78. The first-order valence-corrected chi connectivity index (χ1v) is 12.6. The maximum atomic E-state index is 13.5. The van der Waals surface area contributed by atoms with Crippen molar-refractivity contribution in [2.75, 3.05) is 19.1 Å². The number of anilines is 1. The zero-order chi connectivity index (χ0) is 25.6. The molecule has 0 spiro atoms. The van der Waals surface area contributed by atoms with Crippen molar-refractivity contribution in [2.45, 2.75) is 31.2 Å². The molecule has 3 aromatic carbocycles. The molecular formula is C26H31N3O5S. The number of carbonyl (C=O) groups is 2. The summed E-state index contributed by atoms with van der Waals surface area (Å²) in [6, 6.07) is 19.5. The lowest BCUT2D eigenvalue weighted by atomic mass is 10.0. The van der Waals surface area contributed by atoms with Crippen molar-refractivity contribution in [3.8, 4) is 5.75 Å². The Bertz CT molecular complexity index is 1190. The van der Waals surface area contributed by atoms with Gasteiger partial charge in [-0.2, -0.15) is 0 Å². The van der Waals surface area contributed by atoms with Gasteiger partial charge in [0.1, 0.15) is 11.8 Å². The van der Waals surface area contributed by atoms with Gasteiger partial charge in [-0.25, -0.2) is 9.52 Å². The molecule has 3 amide bonds. The molecule has 0 bridgehead atoms. The summed E-state index contributed by atoms with van der Waals surface area (Å²) in [6.45, 7) is 3.59. The SMILES string of the molecule is COc1ccc(N(C)C(=O)C(Cc2ccccc2)NC(=O)NS(O)(O)c2ccccc2C)c(C)c1. The van der Waals surface area contributed by atoms with Gasteiger partial charge in [-0.15, -0.1) is 0 Å². The Morgan fingerprint density at radius 3 is 2.26 bits per heavy atom. The zero-order valence-electron chi connectivity index (χ0n) is 20.2. The Labute approximate surface area is 207 Å². The quantitative estimate of drug-likeness (QED) is 0.353. The highest BCUT2D eigenvalue weighted by atomic mass is 32.3. The number of hydrogen-bond acceptors (Lipinski definition) is 5. The van der Waals surface area contributed by atoms with Crippen molar-refractivity contribution in [1.82, 2.24) is 10.0 Å². The van der Waals surface area contributed by atoms with Gasteiger partial charge in [-0.3, -0.25) is 13.9 Å². The molecule has 0 aliphatic rings. The molecule has 1 atom stereocenters. The minimum absolute atomic E-state index is 0.215. The summed E-state index contributed by atoms with van der Waals surface area (Å²) >= 11 is 0. The van der Waals surface area contributed by atoms with Gasteiger partial charge in [0.15, 0.2) is 0 Å². The number of ether oxygens (including phenoxy) is 1. The molecule has 0 fully saturated rings. The molecule has 0 aromatic heterocycles. The van der Waals surface area contributed by atoms with Crippen molar-refractivity contribution in [3.63, 3.8) is 0 Å². The van der Waals surface area contributed by atoms with E-state index in [9.17, 15) is 18.7 Å². The van der Waals surface area contributed by atoms with Gasteiger partial charge in [0.05, 0.1) is 12.0 Å². The first kappa shape index (κ1) is 26.1. The molecule has 3 rings (SSSR count). The number of nitrogens with zero attached hydrogens (tertiary/aromatic N) is 1. The van der Waals surface area contributed by atoms with E-state index in [-0.39, 0.29) is 17.2 Å².